The highest BCUT2D eigenvalue weighted by Crippen LogP contribution is 2.33. The highest BCUT2D eigenvalue weighted by atomic mass is 32.2. The molecule has 8 aliphatic rings. The Morgan fingerprint density at radius 2 is 0.699 bits per heavy atom. The fourth-order valence-electron chi connectivity index (χ4n) is 16.4. The third kappa shape index (κ3) is 26.5. The van der Waals surface area contributed by atoms with Crippen LogP contribution < -0.4 is 29.4 Å². The normalized spacial score (nSPS) is 19.4. The summed E-state index contributed by atoms with van der Waals surface area (Å²) in [7, 11) is -3.37. The van der Waals surface area contributed by atoms with Gasteiger partial charge in [-0.05, 0) is 78.3 Å². The maximum Gasteiger partial charge on any atom is 0.264 e. The van der Waals surface area contributed by atoms with Gasteiger partial charge in [0, 0.05) is 178 Å². The van der Waals surface area contributed by atoms with Crippen molar-refractivity contribution in [2.24, 2.45) is 0 Å². The second kappa shape index (κ2) is 43.5. The number of Topliss-reactive ketones (excluding diaryl/α,β-unsaturated/α-hetero) is 1. The van der Waals surface area contributed by atoms with E-state index in [1.165, 1.54) is 33.4 Å². The van der Waals surface area contributed by atoms with Gasteiger partial charge in [0.05, 0.1) is 89.2 Å². The molecule has 2 N–H and O–H groups in total. The Labute approximate surface area is 722 Å². The van der Waals surface area contributed by atoms with Crippen LogP contribution in [0.3, 0.4) is 0 Å². The molecule has 4 atom stereocenters. The summed E-state index contributed by atoms with van der Waals surface area (Å²) < 4.78 is 50.2. The van der Waals surface area contributed by atoms with Crippen LogP contribution in [0.15, 0.2) is 268 Å². The second-order valence-corrected chi connectivity index (χ2v) is 34.1. The number of ketones is 1. The summed E-state index contributed by atoms with van der Waals surface area (Å²) in [5.74, 6) is 6.44. The maximum absolute atomic E-state index is 11.2. The van der Waals surface area contributed by atoms with Crippen molar-refractivity contribution in [3.05, 3.63) is 301 Å². The van der Waals surface area contributed by atoms with Gasteiger partial charge in [-0.3, -0.25) is 42.0 Å². The largest absolute Gasteiger partial charge is 0.393 e. The van der Waals surface area contributed by atoms with Gasteiger partial charge >= 0.3 is 0 Å². The molecule has 0 radical (unpaired) electrons. The molecule has 20 rings (SSSR count). The van der Waals surface area contributed by atoms with Gasteiger partial charge in [-0.1, -0.05) is 194 Å². The van der Waals surface area contributed by atoms with E-state index in [4.69, 9.17) is 18.8 Å². The summed E-state index contributed by atoms with van der Waals surface area (Å²) in [6, 6.07) is 74.6. The molecule has 646 valence electrons. The first-order valence-corrected chi connectivity index (χ1v) is 45.4. The van der Waals surface area contributed by atoms with Crippen LogP contribution in [0, 0.1) is 0 Å². The molecule has 0 bridgehead atoms. The number of epoxide rings is 1. The zero-order valence-corrected chi connectivity index (χ0v) is 71.4. The number of rotatable bonds is 21. The van der Waals surface area contributed by atoms with E-state index in [0.29, 0.717) is 43.7 Å². The van der Waals surface area contributed by atoms with Crippen molar-refractivity contribution < 1.29 is 37.1 Å². The summed E-state index contributed by atoms with van der Waals surface area (Å²) >= 11 is 0. The number of piperidine rings is 5. The van der Waals surface area contributed by atoms with Gasteiger partial charge in [0.2, 0.25) is 0 Å². The Kier molecular flexibility index (Phi) is 30.6. The zero-order valence-electron chi connectivity index (χ0n) is 70.5. The van der Waals surface area contributed by atoms with Crippen molar-refractivity contribution in [1.29, 1.82) is 0 Å². The quantitative estimate of drug-likeness (QED) is 0.0385. The van der Waals surface area contributed by atoms with Gasteiger partial charge < -0.3 is 49.1 Å². The number of ether oxygens (including phenoxy) is 2. The lowest BCUT2D eigenvalue weighted by Crippen LogP contribution is -2.58. The molecule has 8 aliphatic heterocycles. The number of aliphatic hydroxyl groups excluding tert-OH is 2. The number of carbonyl (C=O) groups is 1. The van der Waals surface area contributed by atoms with E-state index in [2.05, 4.69) is 218 Å². The minimum absolute atomic E-state index is 0.136. The summed E-state index contributed by atoms with van der Waals surface area (Å²) in [6.45, 7) is 18.7. The molecule has 123 heavy (non-hydrogen) atoms. The fraction of sp³-hybridized carbons (Fsp3) is 0.400. The standard InChI is InChI=1S/C19H26N4O2.C16H21N3O3S.C15H17N3O.C15H19N3O.C15H17N3O.C15H17N3/c24-18-6-8-22(15-17(18)21-10-12-25-13-11-21)19-7-9-23(20-19)14-16-4-2-1-3-5-16;1-23(20,21)22-15-7-10-18(11-8-15)16-9-12-19(17-16)13-14-5-3-2-4-6-14;1-2-4-12(5-3-1)10-18-9-7-15(16-18)17-8-6-13-14(11-17)19-13;2*19-14-6-9-17(10-7-14)15-8-11-18(16-15)12-13-4-2-1-3-5-13;1-3-7-14(8-4-1)13-18-12-9-15(16-18)17-10-5-2-6-11-17/h1-5,7,9,17-18,24H,6,8,10-15H2;2-6,9,12,15H,7-8,10-11,13H2,1H3;1-5,7,9,13-14H,6,8,10-11H2;1-5,8,11,14,19H,6-7,9-10,12H2;1-5,8,11H,6-7,9-10,12H2;1-5,7-9,12H,6,10-11,13H2/t17-,18-;;;;;/m1...../s1. The lowest BCUT2D eigenvalue weighted by molar-refractivity contribution is -0.119. The van der Waals surface area contributed by atoms with E-state index >= 15 is 0 Å². The first-order valence-electron chi connectivity index (χ1n) is 43.5. The van der Waals surface area contributed by atoms with Crippen LogP contribution in [0.5, 0.6) is 0 Å². The average molecular weight is 1690 g/mol. The Bertz CT molecular complexity index is 5250. The van der Waals surface area contributed by atoms with Gasteiger partial charge in [0.15, 0.2) is 34.9 Å². The van der Waals surface area contributed by atoms with E-state index in [9.17, 15) is 23.4 Å². The van der Waals surface area contributed by atoms with E-state index in [1.54, 1.807) is 0 Å². The molecular formula is C95H117N19O8S. The summed E-state index contributed by atoms with van der Waals surface area (Å²) in [5.41, 5.74) is 7.52. The number of carbonyl (C=O) groups excluding carboxylic acids is 1. The summed E-state index contributed by atoms with van der Waals surface area (Å²) in [6.07, 6.45) is 25.4. The van der Waals surface area contributed by atoms with Gasteiger partial charge in [-0.2, -0.15) is 39.0 Å². The zero-order chi connectivity index (χ0) is 84.4. The Balaban J connectivity index is 0.000000115. The van der Waals surface area contributed by atoms with Crippen molar-refractivity contribution in [2.75, 3.05) is 140 Å². The topological polar surface area (TPSA) is 252 Å². The van der Waals surface area contributed by atoms with E-state index in [0.717, 1.165) is 217 Å². The van der Waals surface area contributed by atoms with E-state index < -0.39 is 10.1 Å². The molecule has 0 aliphatic carbocycles. The van der Waals surface area contributed by atoms with Crippen molar-refractivity contribution in [3.63, 3.8) is 0 Å². The van der Waals surface area contributed by atoms with Crippen LogP contribution in [0.25, 0.3) is 0 Å². The molecule has 7 fully saturated rings. The first kappa shape index (κ1) is 86.4. The number of morpholine rings is 1. The molecule has 0 saturated carbocycles. The number of hydrogen-bond donors (Lipinski definition) is 2. The number of nitrogens with zero attached hydrogens (tertiary/aromatic N) is 19. The Morgan fingerprint density at radius 1 is 0.366 bits per heavy atom. The Morgan fingerprint density at radius 3 is 1.06 bits per heavy atom. The SMILES string of the molecule is C1=CCN(c2ccn(Cc3ccccc3)n2)CC1.CS(=O)(=O)OC1CCN(c2ccn(Cc3ccccc3)n2)CC1.O=C1CCN(c2ccn(Cc3ccccc3)n2)CC1.OC1CCN(c2ccn(Cc3ccccc3)n2)CC1.O[C@@H]1CCN(c2ccn(Cc3ccccc3)n2)C[C@H]1N1CCOCC1.c1ccc(Cn2ccc(N3CCC4OC4C3)n2)cc1. The van der Waals surface area contributed by atoms with Crippen LogP contribution >= 0.6 is 0 Å². The van der Waals surface area contributed by atoms with Crippen molar-refractivity contribution in [1.82, 2.24) is 63.6 Å². The minimum Gasteiger partial charge on any atom is -0.393 e. The highest BCUT2D eigenvalue weighted by Gasteiger charge is 2.44. The molecular weight excluding hydrogens is 1570 g/mol. The van der Waals surface area contributed by atoms with E-state index in [-0.39, 0.29) is 24.4 Å². The molecule has 0 amide bonds. The van der Waals surface area contributed by atoms with Crippen LogP contribution in [0.1, 0.15) is 91.2 Å². The summed E-state index contributed by atoms with van der Waals surface area (Å²) in [5, 5.41) is 47.8. The van der Waals surface area contributed by atoms with E-state index in [1.807, 2.05) is 138 Å². The van der Waals surface area contributed by atoms with Crippen LogP contribution in [-0.4, -0.2) is 236 Å². The first-order chi connectivity index (χ1) is 60.2. The minimum atomic E-state index is -3.37. The lowest BCUT2D eigenvalue weighted by Gasteiger charge is -2.43. The van der Waals surface area contributed by atoms with Crippen molar-refractivity contribution in [3.8, 4) is 0 Å². The molecule has 6 aromatic carbocycles. The predicted octanol–water partition coefficient (Wildman–Crippen LogP) is 11.7. The van der Waals surface area contributed by atoms with Gasteiger partial charge in [0.1, 0.15) is 11.9 Å². The number of fused-ring (bicyclic) bond motifs is 1. The predicted molar refractivity (Wildman–Crippen MR) is 482 cm³/mol. The molecule has 0 spiro atoms. The molecule has 7 saturated heterocycles. The van der Waals surface area contributed by atoms with Crippen LogP contribution in [-0.2, 0) is 67.8 Å². The molecule has 6 aromatic heterocycles. The van der Waals surface area contributed by atoms with Crippen LogP contribution in [0.2, 0.25) is 0 Å². The Hall–Kier alpha value is -11.5. The molecule has 2 unspecified atom stereocenters. The van der Waals surface area contributed by atoms with Gasteiger partial charge in [-0.25, -0.2) is 0 Å². The van der Waals surface area contributed by atoms with Gasteiger partial charge in [-0.15, -0.1) is 0 Å². The molecule has 28 heteroatoms. The molecule has 27 nitrogen and oxygen atoms in total. The number of anilines is 6. The highest BCUT2D eigenvalue weighted by molar-refractivity contribution is 7.86. The van der Waals surface area contributed by atoms with Crippen LogP contribution in [0.4, 0.5) is 34.9 Å². The summed E-state index contributed by atoms with van der Waals surface area (Å²) in [4.78, 5) is 27.1. The van der Waals surface area contributed by atoms with Crippen molar-refractivity contribution in [2.45, 2.75) is 134 Å². The lowest BCUT2D eigenvalue weighted by atomic mass is 10.00. The van der Waals surface area contributed by atoms with Crippen molar-refractivity contribution >= 4 is 50.8 Å². The fourth-order valence-corrected chi connectivity index (χ4v) is 17.1. The number of hydrogen-bond acceptors (Lipinski definition) is 21. The smallest absolute Gasteiger partial charge is 0.264 e. The molecule has 12 aromatic rings. The third-order valence-electron chi connectivity index (χ3n) is 23.3. The number of aliphatic hydroxyl groups is 2. The second-order valence-electron chi connectivity index (χ2n) is 32.5. The monoisotopic (exact) mass is 1680 g/mol. The third-order valence-corrected chi connectivity index (χ3v) is 23.9. The molecule has 14 heterocycles. The number of benzene rings is 6. The average Bonchev–Trinajstić information content (AvgIpc) is 1.72. The number of aromatic nitrogens is 12. The maximum atomic E-state index is 11.2. The van der Waals surface area contributed by atoms with Gasteiger partial charge in [0.25, 0.3) is 10.1 Å².